The molecule has 0 bridgehead atoms. The van der Waals surface area contributed by atoms with Gasteiger partial charge in [0.1, 0.15) is 6.04 Å². The number of imide groups is 1. The van der Waals surface area contributed by atoms with Gasteiger partial charge in [-0.25, -0.2) is 9.69 Å². The maximum atomic E-state index is 13.1. The summed E-state index contributed by atoms with van der Waals surface area (Å²) in [6, 6.07) is 2.35. The zero-order valence-corrected chi connectivity index (χ0v) is 18.1. The molecule has 1 aromatic carbocycles. The van der Waals surface area contributed by atoms with Gasteiger partial charge in [-0.05, 0) is 43.9 Å². The highest BCUT2D eigenvalue weighted by molar-refractivity contribution is 6.21. The molecule has 5 amide bonds. The zero-order chi connectivity index (χ0) is 23.9. The molecule has 0 aromatic heterocycles. The summed E-state index contributed by atoms with van der Waals surface area (Å²) in [7, 11) is 0. The van der Waals surface area contributed by atoms with E-state index in [9.17, 15) is 32.3 Å². The molecule has 0 spiro atoms. The van der Waals surface area contributed by atoms with Crippen molar-refractivity contribution < 1.29 is 32.3 Å². The first-order valence-electron chi connectivity index (χ1n) is 10.9. The van der Waals surface area contributed by atoms with Crippen LogP contribution in [0.25, 0.3) is 0 Å². The Labute approximate surface area is 188 Å². The predicted molar refractivity (Wildman–Crippen MR) is 111 cm³/mol. The number of benzene rings is 1. The first-order chi connectivity index (χ1) is 15.6. The Hall–Kier alpha value is -3.11. The number of anilines is 1. The van der Waals surface area contributed by atoms with Gasteiger partial charge in [-0.3, -0.25) is 14.4 Å². The number of piperidine rings is 2. The Kier molecular flexibility index (Phi) is 6.06. The van der Waals surface area contributed by atoms with Gasteiger partial charge in [0.2, 0.25) is 11.8 Å². The molecule has 8 nitrogen and oxygen atoms in total. The number of hydrogen-bond donors (Lipinski definition) is 1. The third kappa shape index (κ3) is 4.53. The van der Waals surface area contributed by atoms with E-state index in [0.29, 0.717) is 32.4 Å². The minimum atomic E-state index is -4.59. The lowest BCUT2D eigenvalue weighted by atomic mass is 9.93. The van der Waals surface area contributed by atoms with E-state index in [1.165, 1.54) is 17.9 Å². The summed E-state index contributed by atoms with van der Waals surface area (Å²) in [6.07, 6.45) is -2.81. The van der Waals surface area contributed by atoms with Crippen LogP contribution in [0.2, 0.25) is 0 Å². The Balaban J connectivity index is 1.40. The number of carbonyl (C=O) groups excluding carboxylic acids is 4. The molecule has 3 fully saturated rings. The second-order valence-corrected chi connectivity index (χ2v) is 8.72. The molecule has 1 N–H and O–H groups in total. The SMILES string of the molecule is CC(=O)N1CCC(C(=O)N[C@H]2CCN3C(=O)N(c4cccc(C(F)(F)F)c4)C(=O)[C@@H]3C2)CC1. The highest BCUT2D eigenvalue weighted by Gasteiger charge is 2.49. The summed E-state index contributed by atoms with van der Waals surface area (Å²) in [5, 5.41) is 2.96. The molecule has 1 aromatic rings. The Morgan fingerprint density at radius 2 is 1.76 bits per heavy atom. The van der Waals surface area contributed by atoms with Crippen LogP contribution in [0.4, 0.5) is 23.7 Å². The van der Waals surface area contributed by atoms with E-state index >= 15 is 0 Å². The predicted octanol–water partition coefficient (Wildman–Crippen LogP) is 2.38. The van der Waals surface area contributed by atoms with Crippen molar-refractivity contribution in [2.45, 2.75) is 50.9 Å². The third-order valence-electron chi connectivity index (χ3n) is 6.63. The van der Waals surface area contributed by atoms with E-state index in [1.54, 1.807) is 4.90 Å². The fraction of sp³-hybridized carbons (Fsp3) is 0.545. The number of hydrogen-bond acceptors (Lipinski definition) is 4. The van der Waals surface area contributed by atoms with Gasteiger partial charge in [0.15, 0.2) is 0 Å². The first-order valence-corrected chi connectivity index (χ1v) is 10.9. The largest absolute Gasteiger partial charge is 0.416 e. The molecule has 2 atom stereocenters. The number of nitrogens with one attached hydrogen (secondary N) is 1. The summed E-state index contributed by atoms with van der Waals surface area (Å²) in [6.45, 7) is 2.76. The number of carbonyl (C=O) groups is 4. The summed E-state index contributed by atoms with van der Waals surface area (Å²) < 4.78 is 39.2. The molecule has 3 aliphatic rings. The molecule has 0 saturated carbocycles. The average molecular weight is 466 g/mol. The van der Waals surface area contributed by atoms with Crippen molar-refractivity contribution in [2.24, 2.45) is 5.92 Å². The first kappa shape index (κ1) is 23.1. The minimum Gasteiger partial charge on any atom is -0.353 e. The van der Waals surface area contributed by atoms with Gasteiger partial charge in [-0.15, -0.1) is 0 Å². The van der Waals surface area contributed by atoms with Crippen LogP contribution < -0.4 is 10.2 Å². The number of likely N-dealkylation sites (tertiary alicyclic amines) is 1. The van der Waals surface area contributed by atoms with Crippen molar-refractivity contribution in [3.05, 3.63) is 29.8 Å². The molecular weight excluding hydrogens is 441 g/mol. The molecule has 178 valence electrons. The van der Waals surface area contributed by atoms with Gasteiger partial charge in [-0.2, -0.15) is 13.2 Å². The van der Waals surface area contributed by atoms with Gasteiger partial charge in [0.25, 0.3) is 5.91 Å². The van der Waals surface area contributed by atoms with Gasteiger partial charge >= 0.3 is 12.2 Å². The average Bonchev–Trinajstić information content (AvgIpc) is 3.03. The van der Waals surface area contributed by atoms with Gasteiger partial charge in [0.05, 0.1) is 11.3 Å². The highest BCUT2D eigenvalue weighted by Crippen LogP contribution is 2.35. The van der Waals surface area contributed by atoms with E-state index < -0.39 is 29.7 Å². The standard InChI is InChI=1S/C22H25F3N4O4/c1-13(30)27-8-5-14(6-9-27)19(31)26-16-7-10-28-18(12-16)20(32)29(21(28)33)17-4-2-3-15(11-17)22(23,24)25/h2-4,11,14,16,18H,5-10,12H2,1H3,(H,26,31)/t16-,18-/m0/s1. The topological polar surface area (TPSA) is 90.0 Å². The highest BCUT2D eigenvalue weighted by atomic mass is 19.4. The van der Waals surface area contributed by atoms with E-state index in [-0.39, 0.29) is 42.4 Å². The zero-order valence-electron chi connectivity index (χ0n) is 18.1. The maximum absolute atomic E-state index is 13.1. The summed E-state index contributed by atoms with van der Waals surface area (Å²) in [5.74, 6) is -0.965. The van der Waals surface area contributed by atoms with Crippen molar-refractivity contribution in [3.8, 4) is 0 Å². The monoisotopic (exact) mass is 466 g/mol. The Bertz CT molecular complexity index is 975. The van der Waals surface area contributed by atoms with Crippen LogP contribution in [0.15, 0.2) is 24.3 Å². The van der Waals surface area contributed by atoms with Gasteiger partial charge in [-0.1, -0.05) is 6.07 Å². The molecule has 11 heteroatoms. The second kappa shape index (κ2) is 8.68. The number of urea groups is 1. The number of fused-ring (bicyclic) bond motifs is 1. The molecular formula is C22H25F3N4O4. The maximum Gasteiger partial charge on any atom is 0.416 e. The van der Waals surface area contributed by atoms with Gasteiger partial charge < -0.3 is 15.1 Å². The summed E-state index contributed by atoms with van der Waals surface area (Å²) in [5.41, 5.74) is -1.06. The van der Waals surface area contributed by atoms with Crippen LogP contribution in [-0.4, -0.2) is 65.3 Å². The molecule has 3 heterocycles. The van der Waals surface area contributed by atoms with Crippen LogP contribution in [0.3, 0.4) is 0 Å². The molecule has 0 aliphatic carbocycles. The van der Waals surface area contributed by atoms with Crippen LogP contribution in [0, 0.1) is 5.92 Å². The van der Waals surface area contributed by atoms with Crippen molar-refractivity contribution >= 4 is 29.4 Å². The summed E-state index contributed by atoms with van der Waals surface area (Å²) >= 11 is 0. The van der Waals surface area contributed by atoms with Crippen molar-refractivity contribution in [1.82, 2.24) is 15.1 Å². The van der Waals surface area contributed by atoms with E-state index in [0.717, 1.165) is 23.1 Å². The minimum absolute atomic E-state index is 0.0176. The quantitative estimate of drug-likeness (QED) is 0.693. The lowest BCUT2D eigenvalue weighted by Gasteiger charge is -2.35. The smallest absolute Gasteiger partial charge is 0.353 e. The van der Waals surface area contributed by atoms with E-state index in [1.807, 2.05) is 0 Å². The fourth-order valence-corrected chi connectivity index (χ4v) is 4.77. The molecule has 33 heavy (non-hydrogen) atoms. The van der Waals surface area contributed by atoms with Crippen molar-refractivity contribution in [2.75, 3.05) is 24.5 Å². The number of alkyl halides is 3. The molecule has 3 aliphatic heterocycles. The van der Waals surface area contributed by atoms with E-state index in [4.69, 9.17) is 0 Å². The van der Waals surface area contributed by atoms with Crippen molar-refractivity contribution in [1.29, 1.82) is 0 Å². The van der Waals surface area contributed by atoms with Crippen LogP contribution in [0.5, 0.6) is 0 Å². The lowest BCUT2D eigenvalue weighted by molar-refractivity contribution is -0.137. The van der Waals surface area contributed by atoms with E-state index in [2.05, 4.69) is 5.32 Å². The third-order valence-corrected chi connectivity index (χ3v) is 6.63. The van der Waals surface area contributed by atoms with Crippen LogP contribution in [0.1, 0.15) is 38.2 Å². The number of halogens is 3. The molecule has 4 rings (SSSR count). The number of rotatable bonds is 3. The Morgan fingerprint density at radius 1 is 1.06 bits per heavy atom. The number of nitrogens with zero attached hydrogens (tertiary/aromatic N) is 3. The normalized spacial score (nSPS) is 24.2. The molecule has 0 radical (unpaired) electrons. The van der Waals surface area contributed by atoms with Crippen LogP contribution in [-0.2, 0) is 20.6 Å². The van der Waals surface area contributed by atoms with Crippen molar-refractivity contribution in [3.63, 3.8) is 0 Å². The second-order valence-electron chi connectivity index (χ2n) is 8.72. The lowest BCUT2D eigenvalue weighted by Crippen LogP contribution is -2.51. The van der Waals surface area contributed by atoms with Gasteiger partial charge in [0, 0.05) is 38.5 Å². The fourth-order valence-electron chi connectivity index (χ4n) is 4.77. The molecule has 0 unspecified atom stereocenters. The summed E-state index contributed by atoms with van der Waals surface area (Å²) in [4.78, 5) is 53.8. The molecule has 3 saturated heterocycles. The number of amides is 5. The Morgan fingerprint density at radius 3 is 2.39 bits per heavy atom. The van der Waals surface area contributed by atoms with Crippen LogP contribution >= 0.6 is 0 Å².